The number of carbonyl (C=O) groups is 1. The molecule has 2 heterocycles. The van der Waals surface area contributed by atoms with Crippen molar-refractivity contribution in [1.29, 1.82) is 0 Å². The predicted molar refractivity (Wildman–Crippen MR) is 77.7 cm³/mol. The van der Waals surface area contributed by atoms with E-state index in [0.29, 0.717) is 24.7 Å². The molecule has 1 saturated heterocycles. The first-order chi connectivity index (χ1) is 10.2. The largest absolute Gasteiger partial charge is 0.493 e. The molecule has 0 aromatic carbocycles. The van der Waals surface area contributed by atoms with Crippen LogP contribution >= 0.6 is 0 Å². The fourth-order valence-electron chi connectivity index (χ4n) is 3.68. The van der Waals surface area contributed by atoms with Crippen LogP contribution in [0.5, 0.6) is 5.75 Å². The van der Waals surface area contributed by atoms with Crippen LogP contribution in [0.15, 0.2) is 6.20 Å². The zero-order valence-corrected chi connectivity index (χ0v) is 12.8. The molecule has 1 saturated carbocycles. The number of rotatable bonds is 4. The number of methoxy groups -OCH3 is 1. The van der Waals surface area contributed by atoms with Crippen molar-refractivity contribution in [2.24, 2.45) is 7.05 Å². The van der Waals surface area contributed by atoms with Gasteiger partial charge in [0.2, 0.25) is 5.78 Å². The van der Waals surface area contributed by atoms with Crippen molar-refractivity contribution < 1.29 is 14.3 Å². The molecule has 6 nitrogen and oxygen atoms in total. The second-order valence-electron chi connectivity index (χ2n) is 5.85. The Morgan fingerprint density at radius 1 is 1.33 bits per heavy atom. The summed E-state index contributed by atoms with van der Waals surface area (Å²) in [5.41, 5.74) is 0.191. The van der Waals surface area contributed by atoms with Gasteiger partial charge in [0.15, 0.2) is 5.75 Å². The molecule has 0 bridgehead atoms. The maximum Gasteiger partial charge on any atom is 0.204 e. The zero-order valence-electron chi connectivity index (χ0n) is 12.8. The molecule has 0 atom stereocenters. The number of hydrogen-bond acceptors (Lipinski definition) is 5. The summed E-state index contributed by atoms with van der Waals surface area (Å²) in [5, 5.41) is 4.18. The van der Waals surface area contributed by atoms with Crippen molar-refractivity contribution in [2.75, 3.05) is 33.4 Å². The molecular weight excluding hydrogens is 270 g/mol. The predicted octanol–water partition coefficient (Wildman–Crippen LogP) is 1.26. The molecule has 6 heteroatoms. The van der Waals surface area contributed by atoms with Gasteiger partial charge >= 0.3 is 0 Å². The molecule has 1 aromatic heterocycles. The van der Waals surface area contributed by atoms with E-state index in [-0.39, 0.29) is 5.78 Å². The number of ketones is 1. The van der Waals surface area contributed by atoms with E-state index in [1.54, 1.807) is 25.0 Å². The monoisotopic (exact) mass is 293 g/mol. The Morgan fingerprint density at radius 3 is 2.62 bits per heavy atom. The first kappa shape index (κ1) is 14.5. The van der Waals surface area contributed by atoms with Gasteiger partial charge in [-0.05, 0) is 12.8 Å². The van der Waals surface area contributed by atoms with Gasteiger partial charge in [-0.15, -0.1) is 0 Å². The zero-order chi connectivity index (χ0) is 14.9. The fraction of sp³-hybridized carbons (Fsp3) is 0.733. The van der Waals surface area contributed by atoms with Crippen LogP contribution in [0.4, 0.5) is 0 Å². The summed E-state index contributed by atoms with van der Waals surface area (Å²) in [6.07, 6.45) is 5.65. The molecule has 1 aliphatic carbocycles. The molecule has 2 aliphatic rings. The maximum atomic E-state index is 13.3. The van der Waals surface area contributed by atoms with Gasteiger partial charge in [-0.1, -0.05) is 12.8 Å². The van der Waals surface area contributed by atoms with E-state index in [1.807, 2.05) is 0 Å². The summed E-state index contributed by atoms with van der Waals surface area (Å²) in [6, 6.07) is 0. The number of Topliss-reactive ketones (excluding diaryl/α,β-unsaturated/α-hetero) is 1. The molecule has 0 radical (unpaired) electrons. The lowest BCUT2D eigenvalue weighted by Gasteiger charge is -2.42. The van der Waals surface area contributed by atoms with Gasteiger partial charge in [-0.25, -0.2) is 0 Å². The third-order valence-electron chi connectivity index (χ3n) is 4.81. The van der Waals surface area contributed by atoms with Gasteiger partial charge in [0.05, 0.1) is 32.1 Å². The summed E-state index contributed by atoms with van der Waals surface area (Å²) in [7, 11) is 3.39. The number of aryl methyl sites for hydroxylation is 1. The highest BCUT2D eigenvalue weighted by Gasteiger charge is 2.48. The molecule has 3 rings (SSSR count). The van der Waals surface area contributed by atoms with E-state index in [0.717, 1.165) is 38.8 Å². The van der Waals surface area contributed by atoms with E-state index in [1.165, 1.54) is 0 Å². The standard InChI is InChI=1S/C15H23N3O3/c1-17-13(12(20-2)11-16-17)14(19)15(5-3-4-6-15)18-7-9-21-10-8-18/h11H,3-10H2,1-2H3. The van der Waals surface area contributed by atoms with Crippen LogP contribution in [0.1, 0.15) is 36.2 Å². The Bertz CT molecular complexity index is 514. The van der Waals surface area contributed by atoms with E-state index >= 15 is 0 Å². The lowest BCUT2D eigenvalue weighted by Crippen LogP contribution is -2.57. The van der Waals surface area contributed by atoms with E-state index in [9.17, 15) is 4.79 Å². The fourth-order valence-corrected chi connectivity index (χ4v) is 3.68. The molecule has 1 aliphatic heterocycles. The number of hydrogen-bond donors (Lipinski definition) is 0. The maximum absolute atomic E-state index is 13.3. The minimum absolute atomic E-state index is 0.152. The smallest absolute Gasteiger partial charge is 0.204 e. The van der Waals surface area contributed by atoms with Crippen molar-refractivity contribution in [3.8, 4) is 5.75 Å². The van der Waals surface area contributed by atoms with Crippen molar-refractivity contribution in [1.82, 2.24) is 14.7 Å². The SMILES string of the molecule is COc1cnn(C)c1C(=O)C1(N2CCOCC2)CCCC1. The normalized spacial score (nSPS) is 22.4. The summed E-state index contributed by atoms with van der Waals surface area (Å²) >= 11 is 0. The number of morpholine rings is 1. The van der Waals surface area contributed by atoms with Gasteiger partial charge in [0.25, 0.3) is 0 Å². The summed E-state index contributed by atoms with van der Waals surface area (Å²) < 4.78 is 12.4. The number of ether oxygens (including phenoxy) is 2. The average Bonchev–Trinajstić information content (AvgIpc) is 3.15. The molecule has 0 spiro atoms. The van der Waals surface area contributed by atoms with Gasteiger partial charge in [-0.3, -0.25) is 14.4 Å². The summed E-state index contributed by atoms with van der Waals surface area (Å²) in [5.74, 6) is 0.723. The topological polar surface area (TPSA) is 56.6 Å². The first-order valence-electron chi connectivity index (χ1n) is 7.62. The lowest BCUT2D eigenvalue weighted by molar-refractivity contribution is -0.0134. The van der Waals surface area contributed by atoms with Crippen LogP contribution in [-0.4, -0.2) is 59.4 Å². The van der Waals surface area contributed by atoms with Crippen LogP contribution in [0, 0.1) is 0 Å². The Morgan fingerprint density at radius 2 is 2.00 bits per heavy atom. The Labute approximate surface area is 125 Å². The molecule has 1 aromatic rings. The van der Waals surface area contributed by atoms with Gasteiger partial charge < -0.3 is 9.47 Å². The summed E-state index contributed by atoms with van der Waals surface area (Å²) in [6.45, 7) is 3.06. The third kappa shape index (κ3) is 2.36. The molecule has 0 amide bonds. The number of carbonyl (C=O) groups excluding carboxylic acids is 1. The lowest BCUT2D eigenvalue weighted by atomic mass is 9.87. The van der Waals surface area contributed by atoms with Crippen molar-refractivity contribution in [2.45, 2.75) is 31.2 Å². The average molecular weight is 293 g/mol. The third-order valence-corrected chi connectivity index (χ3v) is 4.81. The minimum Gasteiger partial charge on any atom is -0.493 e. The Balaban J connectivity index is 1.96. The molecular formula is C15H23N3O3. The Kier molecular flexibility index (Phi) is 3.99. The van der Waals surface area contributed by atoms with Gasteiger partial charge in [0.1, 0.15) is 5.69 Å². The number of aromatic nitrogens is 2. The van der Waals surface area contributed by atoms with Crippen LogP contribution in [0.25, 0.3) is 0 Å². The van der Waals surface area contributed by atoms with Crippen LogP contribution in [-0.2, 0) is 11.8 Å². The van der Waals surface area contributed by atoms with Crippen LogP contribution in [0.2, 0.25) is 0 Å². The van der Waals surface area contributed by atoms with Crippen molar-refractivity contribution in [3.63, 3.8) is 0 Å². The molecule has 21 heavy (non-hydrogen) atoms. The summed E-state index contributed by atoms with van der Waals surface area (Å²) in [4.78, 5) is 15.6. The van der Waals surface area contributed by atoms with E-state index < -0.39 is 5.54 Å². The second-order valence-corrected chi connectivity index (χ2v) is 5.85. The highest BCUT2D eigenvalue weighted by atomic mass is 16.5. The molecule has 0 unspecified atom stereocenters. The Hall–Kier alpha value is -1.40. The van der Waals surface area contributed by atoms with E-state index in [4.69, 9.17) is 9.47 Å². The van der Waals surface area contributed by atoms with E-state index in [2.05, 4.69) is 10.00 Å². The van der Waals surface area contributed by atoms with Crippen LogP contribution in [0.3, 0.4) is 0 Å². The molecule has 2 fully saturated rings. The highest BCUT2D eigenvalue weighted by molar-refractivity contribution is 6.04. The quantitative estimate of drug-likeness (QED) is 0.782. The molecule has 0 N–H and O–H groups in total. The first-order valence-corrected chi connectivity index (χ1v) is 7.62. The van der Waals surface area contributed by atoms with Gasteiger partial charge in [0, 0.05) is 20.1 Å². The minimum atomic E-state index is -0.398. The highest BCUT2D eigenvalue weighted by Crippen LogP contribution is 2.39. The van der Waals surface area contributed by atoms with Gasteiger partial charge in [-0.2, -0.15) is 5.10 Å². The van der Waals surface area contributed by atoms with Crippen molar-refractivity contribution in [3.05, 3.63) is 11.9 Å². The van der Waals surface area contributed by atoms with Crippen molar-refractivity contribution >= 4 is 5.78 Å². The van der Waals surface area contributed by atoms with Crippen LogP contribution < -0.4 is 4.74 Å². The number of nitrogens with zero attached hydrogens (tertiary/aromatic N) is 3. The second kappa shape index (κ2) is 5.77. The molecule has 116 valence electrons.